The smallest absolute Gasteiger partial charge is 0.231 e. The number of nitrogens with one attached hydrogen (secondary N) is 1. The molecule has 5 rings (SSSR count). The first-order valence-corrected chi connectivity index (χ1v) is 11.6. The Labute approximate surface area is 199 Å². The van der Waals surface area contributed by atoms with Crippen molar-refractivity contribution in [3.63, 3.8) is 0 Å². The number of carbonyl (C=O) groups is 1. The van der Waals surface area contributed by atoms with E-state index in [4.69, 9.17) is 14.2 Å². The highest BCUT2D eigenvalue weighted by atomic mass is 16.5. The summed E-state index contributed by atoms with van der Waals surface area (Å²) >= 11 is 0. The number of rotatable bonds is 6. The number of methoxy groups -OCH3 is 1. The topological polar surface area (TPSA) is 72.9 Å². The van der Waals surface area contributed by atoms with Gasteiger partial charge < -0.3 is 24.4 Å². The number of nitrogens with zero attached hydrogens (tertiary/aromatic N) is 2. The summed E-state index contributed by atoms with van der Waals surface area (Å²) in [6.45, 7) is 2.20. The van der Waals surface area contributed by atoms with Crippen molar-refractivity contribution in [2.75, 3.05) is 39.2 Å². The molecule has 176 valence electrons. The second-order valence-electron chi connectivity index (χ2n) is 8.91. The number of aromatic nitrogens is 1. The molecule has 2 aliphatic heterocycles. The Morgan fingerprint density at radius 3 is 2.74 bits per heavy atom. The number of carbonyl (C=O) groups excluding carboxylic acids is 1. The molecule has 1 amide bonds. The molecular formula is C27H29N3O4. The van der Waals surface area contributed by atoms with E-state index in [2.05, 4.69) is 22.2 Å². The van der Waals surface area contributed by atoms with Crippen molar-refractivity contribution in [2.24, 2.45) is 5.92 Å². The highest BCUT2D eigenvalue weighted by Crippen LogP contribution is 2.35. The number of benzene rings is 2. The van der Waals surface area contributed by atoms with Gasteiger partial charge in [-0.3, -0.25) is 9.78 Å². The number of amides is 1. The van der Waals surface area contributed by atoms with Gasteiger partial charge >= 0.3 is 0 Å². The van der Waals surface area contributed by atoms with Crippen LogP contribution >= 0.6 is 0 Å². The summed E-state index contributed by atoms with van der Waals surface area (Å²) in [5, 5.41) is 3.10. The van der Waals surface area contributed by atoms with Gasteiger partial charge in [0.2, 0.25) is 5.91 Å². The zero-order valence-corrected chi connectivity index (χ0v) is 19.5. The van der Waals surface area contributed by atoms with E-state index in [9.17, 15) is 4.79 Å². The van der Waals surface area contributed by atoms with E-state index in [0.717, 1.165) is 47.7 Å². The van der Waals surface area contributed by atoms with E-state index < -0.39 is 0 Å². The van der Waals surface area contributed by atoms with Crippen molar-refractivity contribution in [1.29, 1.82) is 0 Å². The lowest BCUT2D eigenvalue weighted by atomic mass is 9.95. The Kier molecular flexibility index (Phi) is 6.36. The zero-order chi connectivity index (χ0) is 23.5. The van der Waals surface area contributed by atoms with Crippen LogP contribution in [0, 0.1) is 5.92 Å². The van der Waals surface area contributed by atoms with Crippen LogP contribution in [-0.2, 0) is 11.2 Å². The van der Waals surface area contributed by atoms with Crippen LogP contribution in [0.4, 0.5) is 5.69 Å². The highest BCUT2D eigenvalue weighted by Gasteiger charge is 2.28. The Morgan fingerprint density at radius 2 is 1.97 bits per heavy atom. The molecule has 0 radical (unpaired) electrons. The van der Waals surface area contributed by atoms with Gasteiger partial charge in [0.05, 0.1) is 18.7 Å². The zero-order valence-electron chi connectivity index (χ0n) is 19.5. The fourth-order valence-corrected chi connectivity index (χ4v) is 4.52. The third-order valence-corrected chi connectivity index (χ3v) is 6.44. The molecule has 34 heavy (non-hydrogen) atoms. The van der Waals surface area contributed by atoms with E-state index in [0.29, 0.717) is 24.5 Å². The van der Waals surface area contributed by atoms with E-state index in [1.165, 1.54) is 0 Å². The molecule has 1 saturated heterocycles. The van der Waals surface area contributed by atoms with Crippen LogP contribution < -0.4 is 19.5 Å². The molecule has 1 fully saturated rings. The summed E-state index contributed by atoms with van der Waals surface area (Å²) in [6.07, 6.45) is 5.18. The van der Waals surface area contributed by atoms with Crippen LogP contribution in [-0.4, -0.2) is 55.7 Å². The maximum absolute atomic E-state index is 13.2. The van der Waals surface area contributed by atoms with Gasteiger partial charge in [-0.1, -0.05) is 6.07 Å². The molecule has 0 spiro atoms. The monoisotopic (exact) mass is 459 g/mol. The molecule has 1 N–H and O–H groups in total. The van der Waals surface area contributed by atoms with Gasteiger partial charge in [-0.25, -0.2) is 0 Å². The summed E-state index contributed by atoms with van der Waals surface area (Å²) in [7, 11) is 3.73. The number of anilines is 1. The van der Waals surface area contributed by atoms with Crippen molar-refractivity contribution in [1.82, 2.24) is 9.88 Å². The molecule has 0 bridgehead atoms. The Morgan fingerprint density at radius 1 is 1.12 bits per heavy atom. The van der Waals surface area contributed by atoms with Crippen molar-refractivity contribution >= 4 is 11.6 Å². The van der Waals surface area contributed by atoms with Gasteiger partial charge in [0, 0.05) is 25.5 Å². The summed E-state index contributed by atoms with van der Waals surface area (Å²) in [5.74, 6) is 1.86. The predicted molar refractivity (Wildman–Crippen MR) is 131 cm³/mol. The highest BCUT2D eigenvalue weighted by molar-refractivity contribution is 5.95. The molecule has 3 heterocycles. The maximum atomic E-state index is 13.2. The third-order valence-electron chi connectivity index (χ3n) is 6.44. The Hall–Kier alpha value is -3.58. The van der Waals surface area contributed by atoms with Crippen molar-refractivity contribution in [3.8, 4) is 28.4 Å². The second kappa shape index (κ2) is 9.73. The SMILES string of the molecule is COc1ccc2c(c1)CC(C(=O)Nc1ccc(-c3ccncc3)cc1OC1CCN(C)C1)CO2. The average Bonchev–Trinajstić information content (AvgIpc) is 3.29. The largest absolute Gasteiger partial charge is 0.497 e. The van der Waals surface area contributed by atoms with Crippen LogP contribution in [0.5, 0.6) is 17.2 Å². The Balaban J connectivity index is 1.37. The quantitative estimate of drug-likeness (QED) is 0.600. The third kappa shape index (κ3) is 4.84. The van der Waals surface area contributed by atoms with Gasteiger partial charge in [0.1, 0.15) is 30.0 Å². The van der Waals surface area contributed by atoms with Gasteiger partial charge in [-0.15, -0.1) is 0 Å². The fraction of sp³-hybridized carbons (Fsp3) is 0.333. The predicted octanol–water partition coefficient (Wildman–Crippen LogP) is 4.03. The number of likely N-dealkylation sites (N-methyl/N-ethyl adjacent to an activating group) is 1. The standard InChI is InChI=1S/C27H29N3O4/c1-30-12-9-23(16-30)34-26-15-19(18-7-10-28-11-8-18)3-5-24(26)29-27(31)21-13-20-14-22(32-2)4-6-25(20)33-17-21/h3-8,10-11,14-15,21,23H,9,12-13,16-17H2,1-2H3,(H,29,31). The summed E-state index contributed by atoms with van der Waals surface area (Å²) < 4.78 is 17.6. The molecule has 1 aromatic heterocycles. The minimum absolute atomic E-state index is 0.0847. The fourth-order valence-electron chi connectivity index (χ4n) is 4.52. The lowest BCUT2D eigenvalue weighted by molar-refractivity contribution is -0.121. The lowest BCUT2D eigenvalue weighted by Gasteiger charge is -2.25. The number of ether oxygens (including phenoxy) is 3. The summed E-state index contributed by atoms with van der Waals surface area (Å²) in [6, 6.07) is 15.5. The molecule has 2 aliphatic rings. The normalized spacial score (nSPS) is 19.7. The maximum Gasteiger partial charge on any atom is 0.231 e. The van der Waals surface area contributed by atoms with E-state index >= 15 is 0 Å². The minimum Gasteiger partial charge on any atom is -0.497 e. The lowest BCUT2D eigenvalue weighted by Crippen LogP contribution is -2.33. The van der Waals surface area contributed by atoms with Crippen LogP contribution in [0.3, 0.4) is 0 Å². The number of fused-ring (bicyclic) bond motifs is 1. The molecular weight excluding hydrogens is 430 g/mol. The van der Waals surface area contributed by atoms with Gasteiger partial charge in [0.15, 0.2) is 0 Å². The number of pyridine rings is 1. The van der Waals surface area contributed by atoms with Crippen molar-refractivity contribution in [3.05, 3.63) is 66.5 Å². The molecule has 3 aromatic rings. The van der Waals surface area contributed by atoms with Gasteiger partial charge in [0.25, 0.3) is 0 Å². The number of likely N-dealkylation sites (tertiary alicyclic amines) is 1. The van der Waals surface area contributed by atoms with Crippen molar-refractivity contribution < 1.29 is 19.0 Å². The Bertz CT molecular complexity index is 1170. The van der Waals surface area contributed by atoms with Gasteiger partial charge in [-0.2, -0.15) is 0 Å². The molecule has 0 aliphatic carbocycles. The van der Waals surface area contributed by atoms with Gasteiger partial charge in [-0.05, 0) is 79.0 Å². The minimum atomic E-state index is -0.301. The molecule has 0 saturated carbocycles. The first-order chi connectivity index (χ1) is 16.6. The second-order valence-corrected chi connectivity index (χ2v) is 8.91. The van der Waals surface area contributed by atoms with Crippen LogP contribution in [0.2, 0.25) is 0 Å². The van der Waals surface area contributed by atoms with Crippen LogP contribution in [0.1, 0.15) is 12.0 Å². The van der Waals surface area contributed by atoms with Crippen LogP contribution in [0.25, 0.3) is 11.1 Å². The van der Waals surface area contributed by atoms with Crippen molar-refractivity contribution in [2.45, 2.75) is 18.9 Å². The number of hydrogen-bond donors (Lipinski definition) is 1. The molecule has 7 nitrogen and oxygen atoms in total. The molecule has 2 aromatic carbocycles. The molecule has 2 unspecified atom stereocenters. The number of hydrogen-bond acceptors (Lipinski definition) is 6. The van der Waals surface area contributed by atoms with Crippen LogP contribution in [0.15, 0.2) is 60.9 Å². The van der Waals surface area contributed by atoms with E-state index in [1.807, 2.05) is 48.5 Å². The molecule has 7 heteroatoms. The molecule has 2 atom stereocenters. The van der Waals surface area contributed by atoms with E-state index in [1.54, 1.807) is 19.5 Å². The summed E-state index contributed by atoms with van der Waals surface area (Å²) in [4.78, 5) is 19.6. The average molecular weight is 460 g/mol. The summed E-state index contributed by atoms with van der Waals surface area (Å²) in [5.41, 5.74) is 3.72. The first-order valence-electron chi connectivity index (χ1n) is 11.6. The first kappa shape index (κ1) is 22.2. The van der Waals surface area contributed by atoms with E-state index in [-0.39, 0.29) is 17.9 Å².